The summed E-state index contributed by atoms with van der Waals surface area (Å²) >= 11 is 0. The molecule has 9 heteroatoms. The lowest BCUT2D eigenvalue weighted by Gasteiger charge is -2.27. The van der Waals surface area contributed by atoms with Crippen molar-refractivity contribution in [3.05, 3.63) is 0 Å². The van der Waals surface area contributed by atoms with Crippen LogP contribution in [-0.4, -0.2) is 95.1 Å². The summed E-state index contributed by atoms with van der Waals surface area (Å²) in [5.74, 6) is -0.384. The van der Waals surface area contributed by atoms with E-state index in [2.05, 4.69) is 0 Å². The first-order valence-corrected chi connectivity index (χ1v) is 10.2. The van der Waals surface area contributed by atoms with Crippen LogP contribution in [0.4, 0.5) is 4.79 Å². The summed E-state index contributed by atoms with van der Waals surface area (Å²) in [6, 6.07) is 0. The highest BCUT2D eigenvalue weighted by molar-refractivity contribution is 5.70. The smallest absolute Gasteiger partial charge is 0.410 e. The molecule has 0 fully saturated rings. The van der Waals surface area contributed by atoms with Gasteiger partial charge in [-0.25, -0.2) is 9.59 Å². The lowest BCUT2D eigenvalue weighted by atomic mass is 10.2. The van der Waals surface area contributed by atoms with E-state index in [1.54, 1.807) is 11.8 Å². The van der Waals surface area contributed by atoms with Crippen LogP contribution >= 0.6 is 0 Å². The zero-order chi connectivity index (χ0) is 22.0. The van der Waals surface area contributed by atoms with Crippen molar-refractivity contribution in [1.82, 2.24) is 4.90 Å². The highest BCUT2D eigenvalue weighted by Crippen LogP contribution is 2.09. The van der Waals surface area contributed by atoms with Gasteiger partial charge in [-0.05, 0) is 34.1 Å². The van der Waals surface area contributed by atoms with Gasteiger partial charge in [0.1, 0.15) is 12.2 Å². The molecular weight excluding hydrogens is 382 g/mol. The van der Waals surface area contributed by atoms with Crippen LogP contribution in [0.1, 0.15) is 41.0 Å². The van der Waals surface area contributed by atoms with Gasteiger partial charge in [-0.2, -0.15) is 0 Å². The van der Waals surface area contributed by atoms with Crippen LogP contribution in [0.15, 0.2) is 0 Å². The highest BCUT2D eigenvalue weighted by atomic mass is 16.6. The van der Waals surface area contributed by atoms with Crippen LogP contribution in [0.5, 0.6) is 0 Å². The van der Waals surface area contributed by atoms with E-state index in [1.165, 1.54) is 0 Å². The van der Waals surface area contributed by atoms with Gasteiger partial charge in [-0.15, -0.1) is 0 Å². The Balaban J connectivity index is 3.88. The molecule has 0 atom stereocenters. The van der Waals surface area contributed by atoms with Crippen LogP contribution in [0, 0.1) is 0 Å². The average Bonchev–Trinajstić information content (AvgIpc) is 2.63. The van der Waals surface area contributed by atoms with Crippen molar-refractivity contribution in [3.8, 4) is 0 Å². The Labute approximate surface area is 174 Å². The molecule has 0 aromatic carbocycles. The van der Waals surface area contributed by atoms with Gasteiger partial charge in [-0.3, -0.25) is 0 Å². The second-order valence-corrected chi connectivity index (χ2v) is 7.16. The summed E-state index contributed by atoms with van der Waals surface area (Å²) in [5.41, 5.74) is -0.552. The topological polar surface area (TPSA) is 92.8 Å². The molecule has 1 amide bonds. The number of nitrogens with zero attached hydrogens (tertiary/aromatic N) is 1. The normalized spacial score (nSPS) is 11.3. The summed E-state index contributed by atoms with van der Waals surface area (Å²) in [6.07, 6.45) is 0.555. The Morgan fingerprint density at radius 1 is 0.759 bits per heavy atom. The summed E-state index contributed by atoms with van der Waals surface area (Å²) in [7, 11) is 0. The Hall–Kier alpha value is -1.42. The molecule has 0 saturated carbocycles. The van der Waals surface area contributed by atoms with Crippen molar-refractivity contribution < 1.29 is 38.0 Å². The first-order valence-electron chi connectivity index (χ1n) is 10.2. The number of rotatable bonds is 17. The van der Waals surface area contributed by atoms with Crippen molar-refractivity contribution in [3.63, 3.8) is 0 Å². The molecule has 0 radical (unpaired) electrons. The third-order valence-electron chi connectivity index (χ3n) is 3.28. The monoisotopic (exact) mass is 421 g/mol. The molecule has 0 N–H and O–H groups in total. The maximum absolute atomic E-state index is 12.3. The van der Waals surface area contributed by atoms with Gasteiger partial charge in [0.25, 0.3) is 0 Å². The fourth-order valence-corrected chi connectivity index (χ4v) is 2.01. The van der Waals surface area contributed by atoms with E-state index in [9.17, 15) is 9.59 Å². The summed E-state index contributed by atoms with van der Waals surface area (Å²) < 4.78 is 31.6. The molecule has 0 unspecified atom stereocenters. The van der Waals surface area contributed by atoms with E-state index in [0.29, 0.717) is 65.9 Å². The number of hydrogen-bond acceptors (Lipinski definition) is 8. The second-order valence-electron chi connectivity index (χ2n) is 7.16. The SMILES string of the molecule is CCCOCCN(CCOCCOCCOCC(=O)OCC)C(=O)OC(C)(C)C. The molecule has 0 aromatic heterocycles. The molecule has 0 saturated heterocycles. The number of carbonyl (C=O) groups is 2. The zero-order valence-corrected chi connectivity index (χ0v) is 18.7. The lowest BCUT2D eigenvalue weighted by Crippen LogP contribution is -2.40. The lowest BCUT2D eigenvalue weighted by molar-refractivity contribution is -0.149. The molecule has 0 spiro atoms. The van der Waals surface area contributed by atoms with Crippen LogP contribution < -0.4 is 0 Å². The number of esters is 1. The Morgan fingerprint density at radius 2 is 1.28 bits per heavy atom. The Morgan fingerprint density at radius 3 is 1.79 bits per heavy atom. The molecule has 0 heterocycles. The molecule has 0 aliphatic rings. The van der Waals surface area contributed by atoms with E-state index in [0.717, 1.165) is 6.42 Å². The fourth-order valence-electron chi connectivity index (χ4n) is 2.01. The third-order valence-corrected chi connectivity index (χ3v) is 3.28. The quantitative estimate of drug-likeness (QED) is 0.261. The van der Waals surface area contributed by atoms with E-state index in [-0.39, 0.29) is 18.7 Å². The number of ether oxygens (including phenoxy) is 6. The first kappa shape index (κ1) is 27.6. The van der Waals surface area contributed by atoms with E-state index in [1.807, 2.05) is 27.7 Å². The Bertz CT molecular complexity index is 425. The minimum atomic E-state index is -0.552. The minimum Gasteiger partial charge on any atom is -0.464 e. The minimum absolute atomic E-state index is 0.0732. The van der Waals surface area contributed by atoms with Gasteiger partial charge in [0.05, 0.1) is 46.2 Å². The third kappa shape index (κ3) is 18.4. The van der Waals surface area contributed by atoms with Gasteiger partial charge in [0.15, 0.2) is 0 Å². The van der Waals surface area contributed by atoms with E-state index < -0.39 is 5.60 Å². The standard InChI is InChI=1S/C20H39NO8/c1-6-10-24-11-8-21(19(23)29-20(3,4)5)9-12-25-13-14-26-15-16-27-17-18(22)28-7-2/h6-17H2,1-5H3. The van der Waals surface area contributed by atoms with E-state index in [4.69, 9.17) is 28.4 Å². The van der Waals surface area contributed by atoms with Gasteiger partial charge in [0, 0.05) is 19.7 Å². The number of amides is 1. The predicted octanol–water partition coefficient (Wildman–Crippen LogP) is 2.26. The molecule has 0 aromatic rings. The van der Waals surface area contributed by atoms with Crippen LogP contribution in [0.3, 0.4) is 0 Å². The summed E-state index contributed by atoms with van der Waals surface area (Å²) in [5, 5.41) is 0. The first-order chi connectivity index (χ1) is 13.8. The van der Waals surface area contributed by atoms with Gasteiger partial charge in [-0.1, -0.05) is 6.92 Å². The maximum atomic E-state index is 12.3. The summed E-state index contributed by atoms with van der Waals surface area (Å²) in [6.45, 7) is 13.4. The average molecular weight is 422 g/mol. The summed E-state index contributed by atoms with van der Waals surface area (Å²) in [4.78, 5) is 25.0. The van der Waals surface area contributed by atoms with E-state index >= 15 is 0 Å². The molecular formula is C20H39NO8. The van der Waals surface area contributed by atoms with Crippen LogP contribution in [0.25, 0.3) is 0 Å². The molecule has 29 heavy (non-hydrogen) atoms. The van der Waals surface area contributed by atoms with Crippen molar-refractivity contribution in [2.75, 3.05) is 72.6 Å². The predicted molar refractivity (Wildman–Crippen MR) is 108 cm³/mol. The Kier molecular flexibility index (Phi) is 16.6. The fraction of sp³-hybridized carbons (Fsp3) is 0.900. The molecule has 0 bridgehead atoms. The highest BCUT2D eigenvalue weighted by Gasteiger charge is 2.21. The second kappa shape index (κ2) is 17.4. The maximum Gasteiger partial charge on any atom is 0.410 e. The molecule has 0 aliphatic heterocycles. The van der Waals surface area contributed by atoms with Crippen molar-refractivity contribution in [2.24, 2.45) is 0 Å². The zero-order valence-electron chi connectivity index (χ0n) is 18.7. The van der Waals surface area contributed by atoms with Crippen molar-refractivity contribution in [1.29, 1.82) is 0 Å². The van der Waals surface area contributed by atoms with Gasteiger partial charge >= 0.3 is 12.1 Å². The molecule has 0 rings (SSSR count). The largest absolute Gasteiger partial charge is 0.464 e. The van der Waals surface area contributed by atoms with Crippen molar-refractivity contribution >= 4 is 12.1 Å². The molecule has 172 valence electrons. The molecule has 0 aliphatic carbocycles. The van der Waals surface area contributed by atoms with Gasteiger partial charge in [0.2, 0.25) is 0 Å². The molecule has 9 nitrogen and oxygen atoms in total. The van der Waals surface area contributed by atoms with Crippen molar-refractivity contribution in [2.45, 2.75) is 46.6 Å². The number of carbonyl (C=O) groups excluding carboxylic acids is 2. The van der Waals surface area contributed by atoms with Crippen LogP contribution in [0.2, 0.25) is 0 Å². The van der Waals surface area contributed by atoms with Gasteiger partial charge < -0.3 is 33.3 Å². The van der Waals surface area contributed by atoms with Crippen LogP contribution in [-0.2, 0) is 33.2 Å². The number of hydrogen-bond donors (Lipinski definition) is 0.